The minimum absolute atomic E-state index is 0.182. The lowest BCUT2D eigenvalue weighted by Gasteiger charge is -2.34. The van der Waals surface area contributed by atoms with Crippen molar-refractivity contribution in [3.8, 4) is 0 Å². The van der Waals surface area contributed by atoms with Gasteiger partial charge in [0, 0.05) is 19.6 Å². The summed E-state index contributed by atoms with van der Waals surface area (Å²) in [4.78, 5) is 11.7. The average molecular weight is 320 g/mol. The van der Waals surface area contributed by atoms with Crippen LogP contribution in [-0.4, -0.2) is 56.1 Å². The Hall–Kier alpha value is -0.700. The number of hydrogen-bond acceptors (Lipinski definition) is 5. The van der Waals surface area contributed by atoms with Crippen molar-refractivity contribution in [2.75, 3.05) is 26.2 Å². The second-order valence-corrected chi connectivity index (χ2v) is 7.55. The van der Waals surface area contributed by atoms with Gasteiger partial charge in [-0.25, -0.2) is 4.72 Å². The summed E-state index contributed by atoms with van der Waals surface area (Å²) in [6.07, 6.45) is 2.33. The van der Waals surface area contributed by atoms with Crippen LogP contribution in [0.15, 0.2) is 0 Å². The van der Waals surface area contributed by atoms with E-state index < -0.39 is 10.2 Å². The van der Waals surface area contributed by atoms with Crippen molar-refractivity contribution < 1.29 is 23.1 Å². The molecule has 1 saturated carbocycles. The van der Waals surface area contributed by atoms with Crippen LogP contribution >= 0.6 is 0 Å². The van der Waals surface area contributed by atoms with Crippen LogP contribution in [0.2, 0.25) is 0 Å². The van der Waals surface area contributed by atoms with E-state index in [9.17, 15) is 18.3 Å². The first kappa shape index (κ1) is 16.7. The molecule has 1 unspecified atom stereocenters. The van der Waals surface area contributed by atoms with Gasteiger partial charge >= 0.3 is 5.97 Å². The van der Waals surface area contributed by atoms with Gasteiger partial charge in [0.2, 0.25) is 0 Å². The Bertz CT molecular complexity index is 461. The molecule has 0 aromatic heterocycles. The molecule has 0 radical (unpaired) electrons. The number of esters is 1. The lowest BCUT2D eigenvalue weighted by molar-refractivity contribution is -0.149. The molecule has 2 N–H and O–H groups in total. The van der Waals surface area contributed by atoms with Gasteiger partial charge in [-0.05, 0) is 38.5 Å². The second-order valence-electron chi connectivity index (χ2n) is 5.79. The molecular formula is C13H24N2O5S. The topological polar surface area (TPSA) is 95.9 Å². The van der Waals surface area contributed by atoms with Crippen molar-refractivity contribution in [3.05, 3.63) is 0 Å². The Morgan fingerprint density at radius 1 is 1.43 bits per heavy atom. The highest BCUT2D eigenvalue weighted by molar-refractivity contribution is 7.87. The van der Waals surface area contributed by atoms with Crippen molar-refractivity contribution in [1.29, 1.82) is 0 Å². The molecule has 1 aliphatic carbocycles. The minimum atomic E-state index is -3.56. The summed E-state index contributed by atoms with van der Waals surface area (Å²) < 4.78 is 33.4. The van der Waals surface area contributed by atoms with Gasteiger partial charge in [0.1, 0.15) is 0 Å². The number of aliphatic hydroxyl groups is 1. The van der Waals surface area contributed by atoms with Crippen LogP contribution in [0.5, 0.6) is 0 Å². The standard InChI is InChI=1S/C13H24N2O5S/c1-2-20-13(17)11-4-3-5-15(9-11)21(18,19)14-8-10-6-12(16)7-10/h10-12,14,16H,2-9H2,1H3. The number of aliphatic hydroxyl groups excluding tert-OH is 1. The molecule has 1 heterocycles. The van der Waals surface area contributed by atoms with Crippen LogP contribution in [0, 0.1) is 11.8 Å². The summed E-state index contributed by atoms with van der Waals surface area (Å²) in [5.41, 5.74) is 0. The zero-order valence-corrected chi connectivity index (χ0v) is 13.1. The lowest BCUT2D eigenvalue weighted by Crippen LogP contribution is -2.49. The third kappa shape index (κ3) is 4.38. The van der Waals surface area contributed by atoms with E-state index in [0.29, 0.717) is 45.4 Å². The zero-order valence-electron chi connectivity index (χ0n) is 12.3. The van der Waals surface area contributed by atoms with Gasteiger partial charge in [-0.1, -0.05) is 0 Å². The number of piperidine rings is 1. The molecule has 0 aromatic carbocycles. The number of carbonyl (C=O) groups excluding carboxylic acids is 1. The van der Waals surface area contributed by atoms with Crippen LogP contribution < -0.4 is 4.72 Å². The monoisotopic (exact) mass is 320 g/mol. The van der Waals surface area contributed by atoms with E-state index in [4.69, 9.17) is 4.74 Å². The van der Waals surface area contributed by atoms with Crippen molar-refractivity contribution in [2.45, 2.75) is 38.7 Å². The largest absolute Gasteiger partial charge is 0.466 e. The maximum Gasteiger partial charge on any atom is 0.310 e. The highest BCUT2D eigenvalue weighted by Crippen LogP contribution is 2.27. The van der Waals surface area contributed by atoms with Crippen LogP contribution in [0.4, 0.5) is 0 Å². The molecule has 0 bridgehead atoms. The summed E-state index contributed by atoms with van der Waals surface area (Å²) in [7, 11) is -3.56. The normalized spacial score (nSPS) is 30.7. The van der Waals surface area contributed by atoms with E-state index in [-0.39, 0.29) is 30.5 Å². The van der Waals surface area contributed by atoms with E-state index in [1.165, 1.54) is 4.31 Å². The van der Waals surface area contributed by atoms with Gasteiger partial charge < -0.3 is 9.84 Å². The number of rotatable bonds is 6. The van der Waals surface area contributed by atoms with Crippen molar-refractivity contribution in [3.63, 3.8) is 0 Å². The predicted molar refractivity (Wildman–Crippen MR) is 76.6 cm³/mol. The maximum absolute atomic E-state index is 12.2. The van der Waals surface area contributed by atoms with Gasteiger partial charge in [0.05, 0.1) is 18.6 Å². The second kappa shape index (κ2) is 7.04. The summed E-state index contributed by atoms with van der Waals surface area (Å²) in [6.45, 7) is 3.01. The van der Waals surface area contributed by atoms with Crippen LogP contribution in [0.1, 0.15) is 32.6 Å². The average Bonchev–Trinajstić information content (AvgIpc) is 2.43. The molecule has 21 heavy (non-hydrogen) atoms. The smallest absolute Gasteiger partial charge is 0.310 e. The fourth-order valence-corrected chi connectivity index (χ4v) is 4.17. The summed E-state index contributed by atoms with van der Waals surface area (Å²) in [6, 6.07) is 0. The van der Waals surface area contributed by atoms with Gasteiger partial charge in [-0.15, -0.1) is 0 Å². The number of ether oxygens (including phenoxy) is 1. The number of nitrogens with one attached hydrogen (secondary N) is 1. The SMILES string of the molecule is CCOC(=O)C1CCCN(S(=O)(=O)NCC2CC(O)C2)C1. The molecule has 0 aromatic rings. The molecular weight excluding hydrogens is 296 g/mol. The summed E-state index contributed by atoms with van der Waals surface area (Å²) in [5.74, 6) is -0.485. The molecule has 8 heteroatoms. The van der Waals surface area contributed by atoms with E-state index in [0.717, 1.165) is 0 Å². The maximum atomic E-state index is 12.2. The Morgan fingerprint density at radius 2 is 2.14 bits per heavy atom. The Balaban J connectivity index is 1.85. The first-order chi connectivity index (χ1) is 9.92. The Labute approximate surface area is 125 Å². The fourth-order valence-electron chi connectivity index (χ4n) is 2.79. The molecule has 2 rings (SSSR count). The number of hydrogen-bond donors (Lipinski definition) is 2. The number of carbonyl (C=O) groups is 1. The molecule has 2 aliphatic rings. The van der Waals surface area contributed by atoms with E-state index in [1.54, 1.807) is 6.92 Å². The third-order valence-corrected chi connectivity index (χ3v) is 5.65. The number of nitrogens with zero attached hydrogens (tertiary/aromatic N) is 1. The molecule has 1 aliphatic heterocycles. The first-order valence-electron chi connectivity index (χ1n) is 7.51. The van der Waals surface area contributed by atoms with E-state index in [2.05, 4.69) is 4.72 Å². The quantitative estimate of drug-likeness (QED) is 0.665. The summed E-state index contributed by atoms with van der Waals surface area (Å²) in [5, 5.41) is 9.20. The molecule has 122 valence electrons. The van der Waals surface area contributed by atoms with Gasteiger partial charge in [0.25, 0.3) is 10.2 Å². The van der Waals surface area contributed by atoms with Crippen molar-refractivity contribution in [1.82, 2.24) is 9.03 Å². The van der Waals surface area contributed by atoms with Gasteiger partial charge in [-0.3, -0.25) is 4.79 Å². The minimum Gasteiger partial charge on any atom is -0.466 e. The third-order valence-electron chi connectivity index (χ3n) is 4.11. The zero-order chi connectivity index (χ0) is 15.5. The van der Waals surface area contributed by atoms with E-state index >= 15 is 0 Å². The predicted octanol–water partition coefficient (Wildman–Crippen LogP) is -0.133. The van der Waals surface area contributed by atoms with Crippen molar-refractivity contribution >= 4 is 16.2 Å². The molecule has 0 spiro atoms. The van der Waals surface area contributed by atoms with Crippen molar-refractivity contribution in [2.24, 2.45) is 11.8 Å². The molecule has 7 nitrogen and oxygen atoms in total. The highest BCUT2D eigenvalue weighted by atomic mass is 32.2. The highest BCUT2D eigenvalue weighted by Gasteiger charge is 2.34. The molecule has 2 fully saturated rings. The Kier molecular flexibility index (Phi) is 5.59. The molecule has 1 saturated heterocycles. The van der Waals surface area contributed by atoms with E-state index in [1.807, 2.05) is 0 Å². The van der Waals surface area contributed by atoms with Gasteiger partial charge in [-0.2, -0.15) is 12.7 Å². The Morgan fingerprint density at radius 3 is 2.76 bits per heavy atom. The molecule has 1 atom stereocenters. The van der Waals surface area contributed by atoms with Crippen LogP contribution in [0.25, 0.3) is 0 Å². The fraction of sp³-hybridized carbons (Fsp3) is 0.923. The lowest BCUT2D eigenvalue weighted by atomic mass is 9.83. The summed E-state index contributed by atoms with van der Waals surface area (Å²) >= 11 is 0. The first-order valence-corrected chi connectivity index (χ1v) is 8.95. The molecule has 0 amide bonds. The van der Waals surface area contributed by atoms with Gasteiger partial charge in [0.15, 0.2) is 0 Å². The van der Waals surface area contributed by atoms with Crippen LogP contribution in [-0.2, 0) is 19.7 Å². The van der Waals surface area contributed by atoms with Crippen LogP contribution in [0.3, 0.4) is 0 Å².